The second-order valence-electron chi connectivity index (χ2n) is 7.41. The number of hydrogen-bond donors (Lipinski definition) is 4. The molecule has 4 atom stereocenters. The Morgan fingerprint density at radius 1 is 1.21 bits per heavy atom. The molecule has 152 valence electrons. The van der Waals surface area contributed by atoms with Crippen LogP contribution >= 0.6 is 0 Å². The summed E-state index contributed by atoms with van der Waals surface area (Å²) in [6.07, 6.45) is -1.85. The minimum absolute atomic E-state index is 0.160. The molecule has 0 aromatic heterocycles. The predicted molar refractivity (Wildman–Crippen MR) is 93.9 cm³/mol. The van der Waals surface area contributed by atoms with Crippen LogP contribution in [0.25, 0.3) is 6.08 Å². The van der Waals surface area contributed by atoms with Crippen LogP contribution in [0.4, 0.5) is 0 Å². The molecular formula is C19H22O9. The van der Waals surface area contributed by atoms with Crippen LogP contribution in [0.5, 0.6) is 11.5 Å². The Labute approximate surface area is 160 Å². The summed E-state index contributed by atoms with van der Waals surface area (Å²) >= 11 is 0. The number of aliphatic hydroxyl groups excluding tert-OH is 2. The van der Waals surface area contributed by atoms with E-state index in [-0.39, 0.29) is 24.3 Å². The van der Waals surface area contributed by atoms with Gasteiger partial charge in [-0.05, 0) is 23.8 Å². The number of carbonyl (C=O) groups is 2. The van der Waals surface area contributed by atoms with Crippen molar-refractivity contribution in [1.29, 1.82) is 0 Å². The first kappa shape index (κ1) is 20.1. The second kappa shape index (κ2) is 7.08. The highest BCUT2D eigenvalue weighted by atomic mass is 16.8. The van der Waals surface area contributed by atoms with Crippen molar-refractivity contribution in [2.45, 2.75) is 56.4 Å². The van der Waals surface area contributed by atoms with Crippen molar-refractivity contribution in [2.24, 2.45) is 0 Å². The second-order valence-corrected chi connectivity index (χ2v) is 7.41. The van der Waals surface area contributed by atoms with E-state index in [4.69, 9.17) is 14.2 Å². The molecule has 1 heterocycles. The first-order valence-corrected chi connectivity index (χ1v) is 8.72. The van der Waals surface area contributed by atoms with E-state index >= 15 is 0 Å². The van der Waals surface area contributed by atoms with Gasteiger partial charge in [-0.3, -0.25) is 0 Å². The fourth-order valence-corrected chi connectivity index (χ4v) is 3.44. The van der Waals surface area contributed by atoms with Crippen LogP contribution in [0.3, 0.4) is 0 Å². The number of phenolic OH excluding ortho intramolecular Hbond substituents is 2. The van der Waals surface area contributed by atoms with Crippen LogP contribution in [0.2, 0.25) is 0 Å². The van der Waals surface area contributed by atoms with E-state index in [1.165, 1.54) is 24.3 Å². The van der Waals surface area contributed by atoms with E-state index in [1.54, 1.807) is 13.8 Å². The smallest absolute Gasteiger partial charge is 0.341 e. The molecule has 1 saturated carbocycles. The number of esters is 2. The maximum atomic E-state index is 12.3. The van der Waals surface area contributed by atoms with Crippen molar-refractivity contribution in [3.05, 3.63) is 29.8 Å². The molecule has 1 aliphatic carbocycles. The molecule has 0 amide bonds. The van der Waals surface area contributed by atoms with Gasteiger partial charge in [-0.25, -0.2) is 9.59 Å². The van der Waals surface area contributed by atoms with Gasteiger partial charge in [0.1, 0.15) is 12.2 Å². The molecule has 1 aromatic carbocycles. The monoisotopic (exact) mass is 394 g/mol. The first-order chi connectivity index (χ1) is 13.0. The molecule has 9 heteroatoms. The van der Waals surface area contributed by atoms with Crippen LogP contribution < -0.4 is 0 Å². The highest BCUT2D eigenvalue weighted by molar-refractivity contribution is 5.87. The van der Waals surface area contributed by atoms with E-state index in [9.17, 15) is 30.0 Å². The summed E-state index contributed by atoms with van der Waals surface area (Å²) in [7, 11) is 0. The minimum Gasteiger partial charge on any atom is -0.504 e. The van der Waals surface area contributed by atoms with Gasteiger partial charge in [0, 0.05) is 32.8 Å². The summed E-state index contributed by atoms with van der Waals surface area (Å²) in [5, 5.41) is 39.1. The molecule has 1 saturated heterocycles. The van der Waals surface area contributed by atoms with E-state index < -0.39 is 41.6 Å². The fourth-order valence-electron chi connectivity index (χ4n) is 3.44. The van der Waals surface area contributed by atoms with Gasteiger partial charge in [-0.1, -0.05) is 6.07 Å². The van der Waals surface area contributed by atoms with Crippen molar-refractivity contribution in [1.82, 2.24) is 0 Å². The van der Waals surface area contributed by atoms with Gasteiger partial charge in [0.15, 0.2) is 17.1 Å². The van der Waals surface area contributed by atoms with E-state index in [0.717, 1.165) is 6.08 Å². The highest BCUT2D eigenvalue weighted by Gasteiger charge is 2.60. The molecule has 9 nitrogen and oxygen atoms in total. The number of aliphatic hydroxyl groups is 2. The number of aromatic hydroxyl groups is 2. The third-order valence-electron chi connectivity index (χ3n) is 4.68. The number of hydrogen-bond acceptors (Lipinski definition) is 9. The van der Waals surface area contributed by atoms with Crippen LogP contribution in [0, 0.1) is 0 Å². The molecule has 2 aliphatic rings. The molecule has 4 N–H and O–H groups in total. The Hall–Kier alpha value is -2.62. The lowest BCUT2D eigenvalue weighted by molar-refractivity contribution is -0.209. The summed E-state index contributed by atoms with van der Waals surface area (Å²) in [5.41, 5.74) is -1.07. The maximum Gasteiger partial charge on any atom is 0.341 e. The van der Waals surface area contributed by atoms with Crippen LogP contribution in [-0.4, -0.2) is 62.1 Å². The lowest BCUT2D eigenvalue weighted by Crippen LogP contribution is -2.56. The number of ether oxygens (including phenoxy) is 3. The van der Waals surface area contributed by atoms with Gasteiger partial charge in [-0.15, -0.1) is 0 Å². The number of benzene rings is 1. The molecule has 1 unspecified atom stereocenters. The van der Waals surface area contributed by atoms with Crippen molar-refractivity contribution >= 4 is 18.0 Å². The minimum atomic E-state index is -1.50. The molecule has 0 radical (unpaired) electrons. The summed E-state index contributed by atoms with van der Waals surface area (Å²) in [5.74, 6) is -3.33. The first-order valence-electron chi connectivity index (χ1n) is 8.72. The molecule has 1 aromatic rings. The molecule has 28 heavy (non-hydrogen) atoms. The predicted octanol–water partition coefficient (Wildman–Crippen LogP) is 0.587. The quantitative estimate of drug-likeness (QED) is 0.329. The standard InChI is InChI=1S/C19H22O9/c1-18(2)27-17(25)19(28-18)8-13(22)16(24)14(9-19)26-15(23)6-4-10-3-5-11(20)12(21)7-10/h3-7,13-14,16,20-22,24H,8-9H2,1-2H3/b6-4+/t13-,14-,16-,19?/m1/s1. The lowest BCUT2D eigenvalue weighted by atomic mass is 9.79. The highest BCUT2D eigenvalue weighted by Crippen LogP contribution is 2.43. The summed E-state index contributed by atoms with van der Waals surface area (Å²) in [6.45, 7) is 3.10. The van der Waals surface area contributed by atoms with Gasteiger partial charge < -0.3 is 34.6 Å². The van der Waals surface area contributed by atoms with Crippen LogP contribution in [0.15, 0.2) is 24.3 Å². The Balaban J connectivity index is 1.71. The lowest BCUT2D eigenvalue weighted by Gasteiger charge is -2.39. The summed E-state index contributed by atoms with van der Waals surface area (Å²) < 4.78 is 16.0. The zero-order valence-corrected chi connectivity index (χ0v) is 15.4. The number of rotatable bonds is 3. The van der Waals surface area contributed by atoms with Crippen LogP contribution in [-0.2, 0) is 23.8 Å². The Bertz CT molecular complexity index is 816. The molecule has 2 fully saturated rings. The van der Waals surface area contributed by atoms with Crippen molar-refractivity contribution < 1.29 is 44.2 Å². The zero-order chi connectivity index (χ0) is 20.7. The molecule has 0 bridgehead atoms. The Morgan fingerprint density at radius 3 is 2.54 bits per heavy atom. The number of cyclic esters (lactones) is 1. The van der Waals surface area contributed by atoms with E-state index in [2.05, 4.69) is 0 Å². The molecule has 3 rings (SSSR count). The Morgan fingerprint density at radius 2 is 1.93 bits per heavy atom. The molecule has 1 aliphatic heterocycles. The normalized spacial score (nSPS) is 31.9. The number of carbonyl (C=O) groups excluding carboxylic acids is 2. The summed E-state index contributed by atoms with van der Waals surface area (Å²) in [6, 6.07) is 3.98. The van der Waals surface area contributed by atoms with Gasteiger partial charge in [0.25, 0.3) is 0 Å². The topological polar surface area (TPSA) is 143 Å². The zero-order valence-electron chi connectivity index (χ0n) is 15.4. The Kier molecular flexibility index (Phi) is 5.09. The third kappa shape index (κ3) is 3.96. The SMILES string of the molecule is CC1(C)OC(=O)C2(C[C@@H](O)[C@@H](O)[C@H](OC(=O)/C=C/c3ccc(O)c(O)c3)C2)O1. The largest absolute Gasteiger partial charge is 0.504 e. The fraction of sp³-hybridized carbons (Fsp3) is 0.474. The van der Waals surface area contributed by atoms with Crippen molar-refractivity contribution in [2.75, 3.05) is 0 Å². The van der Waals surface area contributed by atoms with Gasteiger partial charge in [-0.2, -0.15) is 0 Å². The maximum absolute atomic E-state index is 12.3. The number of phenols is 2. The average molecular weight is 394 g/mol. The van der Waals surface area contributed by atoms with E-state index in [0.29, 0.717) is 5.56 Å². The summed E-state index contributed by atoms with van der Waals surface area (Å²) in [4.78, 5) is 24.4. The van der Waals surface area contributed by atoms with Crippen molar-refractivity contribution in [3.8, 4) is 11.5 Å². The van der Waals surface area contributed by atoms with Crippen molar-refractivity contribution in [3.63, 3.8) is 0 Å². The van der Waals surface area contributed by atoms with Gasteiger partial charge in [0.05, 0.1) is 6.10 Å². The average Bonchev–Trinajstić information content (AvgIpc) is 2.81. The van der Waals surface area contributed by atoms with Gasteiger partial charge >= 0.3 is 11.9 Å². The van der Waals surface area contributed by atoms with Crippen LogP contribution in [0.1, 0.15) is 32.3 Å². The van der Waals surface area contributed by atoms with Gasteiger partial charge in [0.2, 0.25) is 5.79 Å². The third-order valence-corrected chi connectivity index (χ3v) is 4.68. The van der Waals surface area contributed by atoms with E-state index in [1.807, 2.05) is 0 Å². The molecule has 1 spiro atoms. The molecular weight excluding hydrogens is 372 g/mol.